The minimum atomic E-state index is 0. The first-order valence-corrected chi connectivity index (χ1v) is 6.26. The van der Waals surface area contributed by atoms with Crippen molar-refractivity contribution < 1.29 is 0 Å². The van der Waals surface area contributed by atoms with Crippen molar-refractivity contribution in [2.75, 3.05) is 0 Å². The van der Waals surface area contributed by atoms with Gasteiger partial charge in [-0.1, -0.05) is 66.7 Å². The van der Waals surface area contributed by atoms with Gasteiger partial charge in [0.1, 0.15) is 0 Å². The number of fused-ring (bicyclic) bond motifs is 1. The highest BCUT2D eigenvalue weighted by Crippen LogP contribution is 2.28. The number of hydrogen-bond acceptors (Lipinski definition) is 0. The van der Waals surface area contributed by atoms with E-state index in [1.54, 1.807) is 0 Å². The molecule has 0 bridgehead atoms. The molecule has 0 fully saturated rings. The molecule has 0 saturated carbocycles. The summed E-state index contributed by atoms with van der Waals surface area (Å²) in [6.45, 7) is 0. The Bertz CT molecular complexity index is 662. The maximum absolute atomic E-state index is 2.83. The third-order valence-corrected chi connectivity index (χ3v) is 3.50. The lowest BCUT2D eigenvalue weighted by Crippen LogP contribution is -1.97. The quantitative estimate of drug-likeness (QED) is 0.575. The van der Waals surface area contributed by atoms with Gasteiger partial charge in [-0.15, -0.1) is 21.6 Å². The molecule has 0 N–H and O–H groups in total. The number of halogens is 1. The molecule has 0 heterocycles. The fraction of sp³-hybridized carbons (Fsp3) is 0. The summed E-state index contributed by atoms with van der Waals surface area (Å²) in [5, 5.41) is 3.85. The Morgan fingerprint density at radius 2 is 1.33 bits per heavy atom. The van der Waals surface area contributed by atoms with Crippen molar-refractivity contribution in [3.05, 3.63) is 66.7 Å². The molecule has 3 aromatic carbocycles. The predicted molar refractivity (Wildman–Crippen MR) is 86.0 cm³/mol. The van der Waals surface area contributed by atoms with Crippen molar-refractivity contribution in [1.29, 1.82) is 0 Å². The van der Waals surface area contributed by atoms with E-state index in [0.717, 1.165) is 0 Å². The summed E-state index contributed by atoms with van der Waals surface area (Å²) in [6, 6.07) is 23.4. The fourth-order valence-corrected chi connectivity index (χ4v) is 2.63. The molecule has 18 heavy (non-hydrogen) atoms. The van der Waals surface area contributed by atoms with Crippen LogP contribution in [0.1, 0.15) is 0 Å². The highest BCUT2D eigenvalue weighted by molar-refractivity contribution is 7.28. The SMILES string of the molecule is Cl.Pc1ccc2ccccc2c1-c1ccccc1. The molecule has 0 aliphatic rings. The van der Waals surface area contributed by atoms with Crippen LogP contribution in [0.15, 0.2) is 66.7 Å². The second kappa shape index (κ2) is 5.52. The summed E-state index contributed by atoms with van der Waals surface area (Å²) in [5.74, 6) is 0. The van der Waals surface area contributed by atoms with Gasteiger partial charge < -0.3 is 0 Å². The average molecular weight is 273 g/mol. The molecule has 1 atom stereocenters. The first-order valence-electron chi connectivity index (χ1n) is 5.69. The van der Waals surface area contributed by atoms with Gasteiger partial charge in [-0.05, 0) is 27.2 Å². The van der Waals surface area contributed by atoms with Crippen molar-refractivity contribution >= 4 is 37.7 Å². The highest BCUT2D eigenvalue weighted by Gasteiger charge is 2.06. The van der Waals surface area contributed by atoms with Crippen LogP contribution in [0.3, 0.4) is 0 Å². The lowest BCUT2D eigenvalue weighted by Gasteiger charge is -2.10. The van der Waals surface area contributed by atoms with Crippen molar-refractivity contribution in [2.24, 2.45) is 0 Å². The molecule has 1 unspecified atom stereocenters. The van der Waals surface area contributed by atoms with Gasteiger partial charge in [0.05, 0.1) is 0 Å². The maximum atomic E-state index is 2.83. The van der Waals surface area contributed by atoms with E-state index in [1.807, 2.05) is 0 Å². The lowest BCUT2D eigenvalue weighted by molar-refractivity contribution is 1.67. The Labute approximate surface area is 116 Å². The molecule has 3 aromatic rings. The Morgan fingerprint density at radius 3 is 2.11 bits per heavy atom. The summed E-state index contributed by atoms with van der Waals surface area (Å²) in [4.78, 5) is 0. The van der Waals surface area contributed by atoms with Crippen LogP contribution < -0.4 is 5.30 Å². The minimum Gasteiger partial charge on any atom is -0.147 e. The molecule has 0 nitrogen and oxygen atoms in total. The molecule has 0 aromatic heterocycles. The third-order valence-electron chi connectivity index (χ3n) is 3.02. The fourth-order valence-electron chi connectivity index (χ4n) is 2.22. The van der Waals surface area contributed by atoms with Crippen LogP contribution in [0, 0.1) is 0 Å². The second-order valence-electron chi connectivity index (χ2n) is 4.12. The summed E-state index contributed by atoms with van der Waals surface area (Å²) >= 11 is 0. The zero-order chi connectivity index (χ0) is 11.7. The first kappa shape index (κ1) is 13.1. The standard InChI is InChI=1S/C16H13P.ClH/c17-15-11-10-12-6-4-5-9-14(12)16(15)13-7-2-1-3-8-13;/h1-11H,17H2;1H. The normalized spacial score (nSPS) is 10.1. The molecule has 2 heteroatoms. The molecule has 0 amide bonds. The summed E-state index contributed by atoms with van der Waals surface area (Å²) in [6.07, 6.45) is 0. The average Bonchev–Trinajstić information content (AvgIpc) is 2.39. The van der Waals surface area contributed by atoms with Gasteiger partial charge in [0.15, 0.2) is 0 Å². The minimum absolute atomic E-state index is 0. The lowest BCUT2D eigenvalue weighted by atomic mass is 9.98. The van der Waals surface area contributed by atoms with E-state index < -0.39 is 0 Å². The van der Waals surface area contributed by atoms with E-state index in [4.69, 9.17) is 0 Å². The van der Waals surface area contributed by atoms with Crippen molar-refractivity contribution in [2.45, 2.75) is 0 Å². The van der Waals surface area contributed by atoms with Gasteiger partial charge >= 0.3 is 0 Å². The van der Waals surface area contributed by atoms with Crippen LogP contribution in [0.5, 0.6) is 0 Å². The summed E-state index contributed by atoms with van der Waals surface area (Å²) in [7, 11) is 2.83. The van der Waals surface area contributed by atoms with E-state index >= 15 is 0 Å². The van der Waals surface area contributed by atoms with Gasteiger partial charge in [0, 0.05) is 0 Å². The topological polar surface area (TPSA) is 0 Å². The molecule has 0 aliphatic carbocycles. The van der Waals surface area contributed by atoms with Gasteiger partial charge in [-0.2, -0.15) is 0 Å². The largest absolute Gasteiger partial charge is 0.147 e. The van der Waals surface area contributed by atoms with Crippen LogP contribution >= 0.6 is 21.6 Å². The van der Waals surface area contributed by atoms with Crippen molar-refractivity contribution in [3.8, 4) is 11.1 Å². The molecular formula is C16H14ClP. The number of rotatable bonds is 1. The molecule has 0 aliphatic heterocycles. The van der Waals surface area contributed by atoms with E-state index in [9.17, 15) is 0 Å². The first-order chi connectivity index (χ1) is 8.36. The van der Waals surface area contributed by atoms with Gasteiger partial charge in [0.25, 0.3) is 0 Å². The van der Waals surface area contributed by atoms with Gasteiger partial charge in [-0.3, -0.25) is 0 Å². The zero-order valence-corrected chi connectivity index (χ0v) is 11.8. The number of hydrogen-bond donors (Lipinski definition) is 0. The smallest absolute Gasteiger partial charge is 0.00337 e. The number of benzene rings is 3. The Morgan fingerprint density at radius 1 is 0.667 bits per heavy atom. The maximum Gasteiger partial charge on any atom is -0.00337 e. The van der Waals surface area contributed by atoms with Crippen LogP contribution in [0.2, 0.25) is 0 Å². The molecule has 0 saturated heterocycles. The van der Waals surface area contributed by atoms with Gasteiger partial charge in [0.2, 0.25) is 0 Å². The molecular weight excluding hydrogens is 259 g/mol. The van der Waals surface area contributed by atoms with Crippen molar-refractivity contribution in [3.63, 3.8) is 0 Å². The van der Waals surface area contributed by atoms with Crippen LogP contribution in [0.4, 0.5) is 0 Å². The highest BCUT2D eigenvalue weighted by atomic mass is 35.5. The van der Waals surface area contributed by atoms with Gasteiger partial charge in [-0.25, -0.2) is 0 Å². The Kier molecular flexibility index (Phi) is 4.01. The summed E-state index contributed by atoms with van der Waals surface area (Å²) < 4.78 is 0. The van der Waals surface area contributed by atoms with Crippen LogP contribution in [-0.2, 0) is 0 Å². The zero-order valence-electron chi connectivity index (χ0n) is 9.84. The van der Waals surface area contributed by atoms with Crippen LogP contribution in [0.25, 0.3) is 21.9 Å². The van der Waals surface area contributed by atoms with Crippen molar-refractivity contribution in [1.82, 2.24) is 0 Å². The molecule has 0 radical (unpaired) electrons. The second-order valence-corrected chi connectivity index (χ2v) is 4.74. The summed E-state index contributed by atoms with van der Waals surface area (Å²) in [5.41, 5.74) is 2.59. The molecule has 3 rings (SSSR count). The monoisotopic (exact) mass is 272 g/mol. The van der Waals surface area contributed by atoms with E-state index in [-0.39, 0.29) is 12.4 Å². The van der Waals surface area contributed by atoms with E-state index in [0.29, 0.717) is 0 Å². The Balaban J connectivity index is 0.00000120. The molecule has 0 spiro atoms. The third kappa shape index (κ3) is 2.27. The van der Waals surface area contributed by atoms with Crippen LogP contribution in [-0.4, -0.2) is 0 Å². The van der Waals surface area contributed by atoms with E-state index in [1.165, 1.54) is 27.2 Å². The molecule has 90 valence electrons. The van der Waals surface area contributed by atoms with E-state index in [2.05, 4.69) is 76.0 Å². The Hall–Kier alpha value is -1.36. The predicted octanol–water partition coefficient (Wildman–Crippen LogP) is 4.43.